The lowest BCUT2D eigenvalue weighted by Crippen LogP contribution is -2.47. The minimum absolute atomic E-state index is 0.0353. The first-order valence-electron chi connectivity index (χ1n) is 11.2. The SMILES string of the molecule is N#Cc1c(-c2ccc(S(=O)(=O)NC3(C(F)(F)F)CC3)cn2)n(-c2ccc(F)cc2)c2cc(OC(F)F)ccc12. The van der Waals surface area contributed by atoms with Crippen molar-refractivity contribution in [3.63, 3.8) is 0 Å². The van der Waals surface area contributed by atoms with E-state index >= 15 is 0 Å². The average Bonchev–Trinajstić information content (AvgIpc) is 3.58. The van der Waals surface area contributed by atoms with Gasteiger partial charge in [0.2, 0.25) is 10.0 Å². The van der Waals surface area contributed by atoms with Gasteiger partial charge in [0.15, 0.2) is 0 Å². The number of hydrogen-bond donors (Lipinski definition) is 1. The lowest BCUT2D eigenvalue weighted by atomic mass is 10.1. The van der Waals surface area contributed by atoms with E-state index in [0.29, 0.717) is 11.1 Å². The van der Waals surface area contributed by atoms with Crippen LogP contribution in [0.25, 0.3) is 28.0 Å². The molecule has 5 rings (SSSR count). The number of nitriles is 1. The zero-order chi connectivity index (χ0) is 28.2. The summed E-state index contributed by atoms with van der Waals surface area (Å²) in [7, 11) is -4.60. The summed E-state index contributed by atoms with van der Waals surface area (Å²) in [6, 6.07) is 13.1. The highest BCUT2D eigenvalue weighted by molar-refractivity contribution is 7.89. The summed E-state index contributed by atoms with van der Waals surface area (Å²) in [5, 5.41) is 10.3. The van der Waals surface area contributed by atoms with Crippen molar-refractivity contribution >= 4 is 20.9 Å². The zero-order valence-electron chi connectivity index (χ0n) is 19.5. The number of benzene rings is 2. The number of nitrogens with one attached hydrogen (secondary N) is 1. The Bertz CT molecular complexity index is 1710. The molecule has 4 aromatic rings. The topological polar surface area (TPSA) is 97.0 Å². The van der Waals surface area contributed by atoms with Gasteiger partial charge in [-0.3, -0.25) is 4.98 Å². The van der Waals surface area contributed by atoms with Gasteiger partial charge in [-0.05, 0) is 61.4 Å². The van der Waals surface area contributed by atoms with Crippen LogP contribution in [-0.2, 0) is 10.0 Å². The number of nitrogens with zero attached hydrogens (tertiary/aromatic N) is 3. The Balaban J connectivity index is 1.65. The standard InChI is InChI=1S/C25H16F6N4O3S/c26-14-1-3-15(4-2-14)35-21-11-16(38-23(27)28)5-7-18(21)19(12-32)22(35)20-8-6-17(13-33-20)39(36,37)34-24(9-10-24)25(29,30)31/h1-8,11,13,23,34H,9-10H2. The number of pyridine rings is 1. The van der Waals surface area contributed by atoms with Gasteiger partial charge >= 0.3 is 12.8 Å². The maximum absolute atomic E-state index is 13.7. The fourth-order valence-corrected chi connectivity index (χ4v) is 5.61. The summed E-state index contributed by atoms with van der Waals surface area (Å²) >= 11 is 0. The molecule has 0 spiro atoms. The molecular formula is C25H16F6N4O3S. The van der Waals surface area contributed by atoms with Gasteiger partial charge in [-0.25, -0.2) is 12.8 Å². The molecule has 0 saturated heterocycles. The highest BCUT2D eigenvalue weighted by Crippen LogP contribution is 2.49. The molecule has 39 heavy (non-hydrogen) atoms. The second kappa shape index (κ2) is 9.28. The molecule has 0 radical (unpaired) electrons. The summed E-state index contributed by atoms with van der Waals surface area (Å²) in [5.41, 5.74) is -1.79. The third-order valence-electron chi connectivity index (χ3n) is 6.27. The molecule has 0 amide bonds. The van der Waals surface area contributed by atoms with Gasteiger partial charge in [0.1, 0.15) is 28.1 Å². The number of ether oxygens (including phenoxy) is 1. The largest absolute Gasteiger partial charge is 0.435 e. The summed E-state index contributed by atoms with van der Waals surface area (Å²) in [5.74, 6) is -0.778. The van der Waals surface area contributed by atoms with Crippen molar-refractivity contribution in [3.8, 4) is 28.9 Å². The molecule has 1 aliphatic carbocycles. The van der Waals surface area contributed by atoms with Crippen molar-refractivity contribution in [2.24, 2.45) is 0 Å². The molecule has 14 heteroatoms. The molecular weight excluding hydrogens is 550 g/mol. The van der Waals surface area contributed by atoms with Crippen LogP contribution in [0.2, 0.25) is 0 Å². The summed E-state index contributed by atoms with van der Waals surface area (Å²) in [4.78, 5) is 3.58. The van der Waals surface area contributed by atoms with E-state index in [1.807, 2.05) is 6.07 Å². The predicted molar refractivity (Wildman–Crippen MR) is 126 cm³/mol. The zero-order valence-corrected chi connectivity index (χ0v) is 20.3. The van der Waals surface area contributed by atoms with E-state index in [0.717, 1.165) is 24.4 Å². The molecule has 0 aliphatic heterocycles. The van der Waals surface area contributed by atoms with Crippen molar-refractivity contribution in [2.45, 2.75) is 36.1 Å². The van der Waals surface area contributed by atoms with Crippen LogP contribution >= 0.6 is 0 Å². The maximum atomic E-state index is 13.7. The molecule has 1 N–H and O–H groups in total. The van der Waals surface area contributed by atoms with E-state index in [-0.39, 0.29) is 41.1 Å². The number of hydrogen-bond acceptors (Lipinski definition) is 5. The third-order valence-corrected chi connectivity index (χ3v) is 7.79. The number of rotatable bonds is 7. The van der Waals surface area contributed by atoms with Crippen LogP contribution in [0.5, 0.6) is 5.75 Å². The van der Waals surface area contributed by atoms with Gasteiger partial charge in [-0.15, -0.1) is 0 Å². The van der Waals surface area contributed by atoms with E-state index in [4.69, 9.17) is 0 Å². The molecule has 2 heterocycles. The maximum Gasteiger partial charge on any atom is 0.407 e. The number of halogens is 6. The molecule has 1 aliphatic rings. The lowest BCUT2D eigenvalue weighted by Gasteiger charge is -2.20. The molecule has 202 valence electrons. The Kier molecular flexibility index (Phi) is 6.31. The Hall–Kier alpha value is -4.09. The first kappa shape index (κ1) is 26.5. The quantitative estimate of drug-likeness (QED) is 0.291. The smallest absolute Gasteiger partial charge is 0.407 e. The van der Waals surface area contributed by atoms with E-state index in [9.17, 15) is 40.0 Å². The minimum Gasteiger partial charge on any atom is -0.435 e. The average molecular weight is 566 g/mol. The molecule has 7 nitrogen and oxygen atoms in total. The molecule has 0 bridgehead atoms. The minimum atomic E-state index is -4.77. The van der Waals surface area contributed by atoms with Gasteiger partial charge in [-0.1, -0.05) is 0 Å². The monoisotopic (exact) mass is 566 g/mol. The van der Waals surface area contributed by atoms with Gasteiger partial charge in [-0.2, -0.15) is 31.9 Å². The highest BCUT2D eigenvalue weighted by atomic mass is 32.2. The van der Waals surface area contributed by atoms with Gasteiger partial charge in [0.05, 0.1) is 22.5 Å². The molecule has 1 saturated carbocycles. The molecule has 0 atom stereocenters. The second-order valence-corrected chi connectivity index (χ2v) is 10.5. The summed E-state index contributed by atoms with van der Waals surface area (Å²) in [6.07, 6.45) is -4.69. The second-order valence-electron chi connectivity index (χ2n) is 8.77. The lowest BCUT2D eigenvalue weighted by molar-refractivity contribution is -0.160. The van der Waals surface area contributed by atoms with Crippen molar-refractivity contribution in [3.05, 3.63) is 72.2 Å². The number of sulfonamides is 1. The van der Waals surface area contributed by atoms with Crippen LogP contribution in [0, 0.1) is 17.1 Å². The van der Waals surface area contributed by atoms with Crippen LogP contribution in [0.4, 0.5) is 26.3 Å². The van der Waals surface area contributed by atoms with Gasteiger partial charge in [0.25, 0.3) is 0 Å². The molecule has 2 aromatic carbocycles. The van der Waals surface area contributed by atoms with Crippen LogP contribution in [0.3, 0.4) is 0 Å². The van der Waals surface area contributed by atoms with Crippen molar-refractivity contribution in [1.82, 2.24) is 14.3 Å². The normalized spacial score (nSPS) is 14.9. The first-order valence-corrected chi connectivity index (χ1v) is 12.7. The highest BCUT2D eigenvalue weighted by Gasteiger charge is 2.65. The Labute approximate surface area is 217 Å². The van der Waals surface area contributed by atoms with Gasteiger partial charge < -0.3 is 9.30 Å². The Morgan fingerprint density at radius 3 is 2.31 bits per heavy atom. The first-order chi connectivity index (χ1) is 18.3. The van der Waals surface area contributed by atoms with Crippen LogP contribution in [0.15, 0.2) is 65.7 Å². The van der Waals surface area contributed by atoms with E-state index < -0.39 is 39.1 Å². The molecule has 0 unspecified atom stereocenters. The fourth-order valence-electron chi connectivity index (χ4n) is 4.22. The summed E-state index contributed by atoms with van der Waals surface area (Å²) in [6.45, 7) is -3.12. The molecule has 1 fully saturated rings. The summed E-state index contributed by atoms with van der Waals surface area (Å²) < 4.78 is 112. The number of alkyl halides is 5. The van der Waals surface area contributed by atoms with Crippen LogP contribution in [0.1, 0.15) is 18.4 Å². The van der Waals surface area contributed by atoms with Crippen LogP contribution < -0.4 is 9.46 Å². The Morgan fingerprint density at radius 1 is 1.08 bits per heavy atom. The van der Waals surface area contributed by atoms with Crippen molar-refractivity contribution in [1.29, 1.82) is 5.26 Å². The fraction of sp³-hybridized carbons (Fsp3) is 0.200. The van der Waals surface area contributed by atoms with Crippen molar-refractivity contribution < 1.29 is 39.5 Å². The van der Waals surface area contributed by atoms with E-state index in [1.54, 1.807) is 4.72 Å². The van der Waals surface area contributed by atoms with E-state index in [2.05, 4.69) is 9.72 Å². The predicted octanol–water partition coefficient (Wildman–Crippen LogP) is 5.68. The van der Waals surface area contributed by atoms with Gasteiger partial charge in [0, 0.05) is 23.3 Å². The van der Waals surface area contributed by atoms with Crippen molar-refractivity contribution in [2.75, 3.05) is 0 Å². The third kappa shape index (κ3) is 4.79. The number of fused-ring (bicyclic) bond motifs is 1. The number of aromatic nitrogens is 2. The van der Waals surface area contributed by atoms with E-state index in [1.165, 1.54) is 41.0 Å². The Morgan fingerprint density at radius 2 is 1.77 bits per heavy atom. The van der Waals surface area contributed by atoms with Crippen LogP contribution in [-0.4, -0.2) is 36.3 Å². The molecule has 2 aromatic heterocycles.